The minimum Gasteiger partial charge on any atom is -0.457 e. The first-order valence-corrected chi connectivity index (χ1v) is 19.3. The van der Waals surface area contributed by atoms with Gasteiger partial charge in [0.2, 0.25) is 0 Å². The Morgan fingerprint density at radius 3 is 1.33 bits per heavy atom. The highest BCUT2D eigenvalue weighted by Crippen LogP contribution is 2.48. The van der Waals surface area contributed by atoms with Crippen molar-refractivity contribution < 1.29 is 9.47 Å². The van der Waals surface area contributed by atoms with Crippen molar-refractivity contribution in [2.45, 2.75) is 128 Å². The van der Waals surface area contributed by atoms with Crippen LogP contribution >= 0.6 is 0 Å². The van der Waals surface area contributed by atoms with Crippen molar-refractivity contribution in [2.24, 2.45) is 5.92 Å². The van der Waals surface area contributed by atoms with E-state index in [1.165, 1.54) is 114 Å². The summed E-state index contributed by atoms with van der Waals surface area (Å²) in [6.45, 7) is 2.30. The lowest BCUT2D eigenvalue weighted by atomic mass is 9.62. The molecule has 4 aromatic carbocycles. The summed E-state index contributed by atoms with van der Waals surface area (Å²) in [6, 6.07) is 32.7. The molecule has 0 aromatic heterocycles. The molecule has 4 heteroatoms. The molecule has 1 saturated carbocycles. The fourth-order valence-corrected chi connectivity index (χ4v) is 7.77. The zero-order valence-electron chi connectivity index (χ0n) is 30.0. The van der Waals surface area contributed by atoms with Crippen molar-refractivity contribution in [3.63, 3.8) is 0 Å². The number of ether oxygens (including phenoxy) is 2. The summed E-state index contributed by atoms with van der Waals surface area (Å²) in [5.74, 6) is 3.98. The molecule has 0 bridgehead atoms. The van der Waals surface area contributed by atoms with Crippen LogP contribution in [-0.2, 0) is 5.41 Å². The Labute approximate surface area is 296 Å². The summed E-state index contributed by atoms with van der Waals surface area (Å²) in [4.78, 5) is 0. The van der Waals surface area contributed by atoms with Gasteiger partial charge < -0.3 is 20.9 Å². The van der Waals surface area contributed by atoms with Gasteiger partial charge in [0, 0.05) is 28.9 Å². The zero-order chi connectivity index (χ0) is 34.2. The van der Waals surface area contributed by atoms with E-state index in [1.807, 2.05) is 48.5 Å². The monoisotopic (exact) mass is 660 g/mol. The topological polar surface area (TPSA) is 70.5 Å². The Balaban J connectivity index is 1.15. The Morgan fingerprint density at radius 1 is 0.510 bits per heavy atom. The largest absolute Gasteiger partial charge is 0.457 e. The minimum atomic E-state index is -0.0299. The van der Waals surface area contributed by atoms with Gasteiger partial charge in [-0.05, 0) is 91.3 Å². The van der Waals surface area contributed by atoms with Gasteiger partial charge in [-0.25, -0.2) is 0 Å². The van der Waals surface area contributed by atoms with E-state index in [2.05, 4.69) is 55.5 Å². The van der Waals surface area contributed by atoms with Crippen molar-refractivity contribution in [1.29, 1.82) is 0 Å². The molecule has 0 amide bonds. The van der Waals surface area contributed by atoms with E-state index in [0.29, 0.717) is 11.4 Å². The van der Waals surface area contributed by atoms with Crippen molar-refractivity contribution in [3.05, 3.63) is 108 Å². The van der Waals surface area contributed by atoms with Gasteiger partial charge >= 0.3 is 0 Å². The molecule has 0 spiro atoms. The third-order valence-corrected chi connectivity index (χ3v) is 10.7. The fraction of sp³-hybridized carbons (Fsp3) is 0.467. The molecule has 4 N–H and O–H groups in total. The first-order valence-electron chi connectivity index (χ1n) is 19.3. The van der Waals surface area contributed by atoms with Crippen LogP contribution in [0.25, 0.3) is 0 Å². The molecular weight excluding hydrogens is 601 g/mol. The highest BCUT2D eigenvalue weighted by atomic mass is 16.5. The molecule has 0 saturated heterocycles. The maximum atomic E-state index is 6.15. The van der Waals surface area contributed by atoms with E-state index in [1.54, 1.807) is 0 Å². The Morgan fingerprint density at radius 2 is 0.918 bits per heavy atom. The summed E-state index contributed by atoms with van der Waals surface area (Å²) in [6.07, 6.45) is 24.6. The zero-order valence-corrected chi connectivity index (χ0v) is 30.0. The third kappa shape index (κ3) is 11.3. The molecule has 0 radical (unpaired) electrons. The second-order valence-electron chi connectivity index (χ2n) is 14.5. The predicted octanol–water partition coefficient (Wildman–Crippen LogP) is 13.4. The maximum Gasteiger partial charge on any atom is 0.129 e. The molecule has 0 unspecified atom stereocenters. The van der Waals surface area contributed by atoms with Crippen LogP contribution in [-0.4, -0.2) is 0 Å². The SMILES string of the molecule is CCCCCCCCCCCCCCCC1CCC(c2ccc(Oc3cccc(N)c3)cc2)(c2ccc(Oc3cccc(N)c3)cc2)CC1. The van der Waals surface area contributed by atoms with Gasteiger partial charge in [-0.2, -0.15) is 0 Å². The first kappa shape index (κ1) is 36.4. The summed E-state index contributed by atoms with van der Waals surface area (Å²) in [7, 11) is 0. The van der Waals surface area contributed by atoms with E-state index in [9.17, 15) is 0 Å². The molecule has 262 valence electrons. The predicted molar refractivity (Wildman–Crippen MR) is 208 cm³/mol. The molecule has 0 aliphatic heterocycles. The molecular formula is C45H60N2O2. The Kier molecular flexibility index (Phi) is 14.3. The lowest BCUT2D eigenvalue weighted by Gasteiger charge is -2.41. The number of hydrogen-bond donors (Lipinski definition) is 2. The second-order valence-corrected chi connectivity index (χ2v) is 14.5. The summed E-state index contributed by atoms with van der Waals surface area (Å²) in [5, 5.41) is 0. The van der Waals surface area contributed by atoms with Crippen molar-refractivity contribution in [1.82, 2.24) is 0 Å². The average molecular weight is 661 g/mol. The number of rotatable bonds is 20. The van der Waals surface area contributed by atoms with Gasteiger partial charge in [0.1, 0.15) is 23.0 Å². The molecule has 4 aromatic rings. The van der Waals surface area contributed by atoms with E-state index in [4.69, 9.17) is 20.9 Å². The molecule has 1 aliphatic carbocycles. The quantitative estimate of drug-likeness (QED) is 0.0731. The van der Waals surface area contributed by atoms with Crippen LogP contribution in [0, 0.1) is 5.92 Å². The Bertz CT molecular complexity index is 1410. The normalized spacial score (nSPS) is 14.5. The molecule has 4 nitrogen and oxygen atoms in total. The number of nitrogen functional groups attached to an aromatic ring is 2. The molecule has 5 rings (SSSR count). The van der Waals surface area contributed by atoms with Crippen LogP contribution in [0.5, 0.6) is 23.0 Å². The summed E-state index contributed by atoms with van der Waals surface area (Å²) in [5.41, 5.74) is 16.0. The van der Waals surface area contributed by atoms with Crippen molar-refractivity contribution >= 4 is 11.4 Å². The molecule has 1 fully saturated rings. The lowest BCUT2D eigenvalue weighted by Crippen LogP contribution is -2.33. The number of anilines is 2. The molecule has 49 heavy (non-hydrogen) atoms. The van der Waals surface area contributed by atoms with Gasteiger partial charge in [-0.3, -0.25) is 0 Å². The van der Waals surface area contributed by atoms with Gasteiger partial charge in [0.15, 0.2) is 0 Å². The van der Waals surface area contributed by atoms with Crippen LogP contribution in [0.4, 0.5) is 11.4 Å². The number of unbranched alkanes of at least 4 members (excludes halogenated alkanes) is 12. The molecule has 1 aliphatic rings. The lowest BCUT2D eigenvalue weighted by molar-refractivity contribution is 0.250. The van der Waals surface area contributed by atoms with E-state index in [-0.39, 0.29) is 5.41 Å². The maximum absolute atomic E-state index is 6.15. The van der Waals surface area contributed by atoms with Crippen LogP contribution in [0.2, 0.25) is 0 Å². The van der Waals surface area contributed by atoms with Crippen LogP contribution in [0.1, 0.15) is 134 Å². The number of benzene rings is 4. The van der Waals surface area contributed by atoms with Crippen molar-refractivity contribution in [2.75, 3.05) is 11.5 Å². The van der Waals surface area contributed by atoms with Gasteiger partial charge in [-0.15, -0.1) is 0 Å². The fourth-order valence-electron chi connectivity index (χ4n) is 7.77. The Hall–Kier alpha value is -3.92. The van der Waals surface area contributed by atoms with E-state index in [0.717, 1.165) is 41.8 Å². The van der Waals surface area contributed by atoms with Gasteiger partial charge in [-0.1, -0.05) is 133 Å². The van der Waals surface area contributed by atoms with Crippen LogP contribution < -0.4 is 20.9 Å². The first-order chi connectivity index (χ1) is 24.0. The number of nitrogens with two attached hydrogens (primary N) is 2. The van der Waals surface area contributed by atoms with Crippen LogP contribution in [0.3, 0.4) is 0 Å². The standard InChI is InChI=1S/C45H60N2O2/c1-2-3-4-5-6-7-8-9-10-11-12-13-14-17-36-30-32-45(33-31-36,37-22-26-41(27-23-37)48-43-20-15-18-39(46)34-43)38-24-28-42(29-25-38)49-44-21-16-19-40(47)35-44/h15-16,18-29,34-36H,2-14,17,30-33,46-47H2,1H3. The van der Waals surface area contributed by atoms with E-state index < -0.39 is 0 Å². The summed E-state index contributed by atoms with van der Waals surface area (Å²) < 4.78 is 12.3. The van der Waals surface area contributed by atoms with Crippen LogP contribution in [0.15, 0.2) is 97.1 Å². The minimum absolute atomic E-state index is 0.0299. The summed E-state index contributed by atoms with van der Waals surface area (Å²) >= 11 is 0. The molecule has 0 atom stereocenters. The highest BCUT2D eigenvalue weighted by molar-refractivity contribution is 5.48. The third-order valence-electron chi connectivity index (χ3n) is 10.7. The smallest absolute Gasteiger partial charge is 0.129 e. The van der Waals surface area contributed by atoms with Gasteiger partial charge in [0.25, 0.3) is 0 Å². The van der Waals surface area contributed by atoms with Gasteiger partial charge in [0.05, 0.1) is 0 Å². The van der Waals surface area contributed by atoms with Crippen molar-refractivity contribution in [3.8, 4) is 23.0 Å². The second kappa shape index (κ2) is 19.3. The molecule has 0 heterocycles. The highest BCUT2D eigenvalue weighted by Gasteiger charge is 2.38. The number of hydrogen-bond acceptors (Lipinski definition) is 4. The average Bonchev–Trinajstić information content (AvgIpc) is 3.11. The van der Waals surface area contributed by atoms with E-state index >= 15 is 0 Å².